The summed E-state index contributed by atoms with van der Waals surface area (Å²) < 4.78 is 0.980. The molecule has 0 aromatic heterocycles. The number of aryl methyl sites for hydroxylation is 1. The van der Waals surface area contributed by atoms with Crippen LogP contribution in [-0.4, -0.2) is 12.5 Å². The molecule has 0 saturated carbocycles. The van der Waals surface area contributed by atoms with Gasteiger partial charge in [0, 0.05) is 22.9 Å². The van der Waals surface area contributed by atoms with E-state index in [4.69, 9.17) is 0 Å². The Bertz CT molecular complexity index is 779. The molecule has 5 heteroatoms. The van der Waals surface area contributed by atoms with Gasteiger partial charge in [-0.05, 0) is 42.7 Å². The van der Waals surface area contributed by atoms with E-state index >= 15 is 0 Å². The third-order valence-corrected chi connectivity index (χ3v) is 3.96. The first-order chi connectivity index (χ1) is 11.6. The highest BCUT2D eigenvalue weighted by atomic mass is 79.9. The van der Waals surface area contributed by atoms with Crippen molar-refractivity contribution in [2.75, 3.05) is 11.9 Å². The summed E-state index contributed by atoms with van der Waals surface area (Å²) in [6, 6.07) is 17.6. The number of amides is 1. The van der Waals surface area contributed by atoms with Gasteiger partial charge in [0.05, 0.1) is 0 Å². The number of nitrogens with one attached hydrogen (secondary N) is 2. The van der Waals surface area contributed by atoms with Crippen LogP contribution in [0.4, 0.5) is 5.69 Å². The second-order valence-electron chi connectivity index (χ2n) is 5.26. The van der Waals surface area contributed by atoms with E-state index in [9.17, 15) is 10.1 Å². The van der Waals surface area contributed by atoms with Crippen LogP contribution < -0.4 is 10.6 Å². The van der Waals surface area contributed by atoms with Crippen LogP contribution in [0.1, 0.15) is 11.1 Å². The molecule has 2 aromatic carbocycles. The Morgan fingerprint density at radius 3 is 2.67 bits per heavy atom. The monoisotopic (exact) mass is 383 g/mol. The van der Waals surface area contributed by atoms with E-state index in [1.807, 2.05) is 61.5 Å². The Morgan fingerprint density at radius 1 is 1.25 bits per heavy atom. The van der Waals surface area contributed by atoms with Crippen LogP contribution in [0.25, 0.3) is 0 Å². The van der Waals surface area contributed by atoms with E-state index in [0.29, 0.717) is 6.54 Å². The standard InChI is InChI=1S/C19H18BrN3O/c1-14-11-17(20)7-8-18(14)23-13-16(12-21)19(24)22-10-9-15-5-3-2-4-6-15/h2-8,11,13,23H,9-10H2,1H3,(H,22,24)/b16-13-. The average Bonchev–Trinajstić information content (AvgIpc) is 2.58. The minimum Gasteiger partial charge on any atom is -0.360 e. The van der Waals surface area contributed by atoms with Crippen molar-refractivity contribution in [1.29, 1.82) is 5.26 Å². The van der Waals surface area contributed by atoms with Crippen molar-refractivity contribution in [2.24, 2.45) is 0 Å². The van der Waals surface area contributed by atoms with Gasteiger partial charge in [0.1, 0.15) is 11.6 Å². The first kappa shape index (κ1) is 17.8. The summed E-state index contributed by atoms with van der Waals surface area (Å²) in [6.45, 7) is 2.44. The molecule has 2 rings (SSSR count). The molecule has 0 aliphatic rings. The molecule has 0 radical (unpaired) electrons. The molecule has 0 bridgehead atoms. The maximum absolute atomic E-state index is 12.1. The summed E-state index contributed by atoms with van der Waals surface area (Å²) in [4.78, 5) is 12.1. The lowest BCUT2D eigenvalue weighted by Crippen LogP contribution is -2.27. The predicted octanol–water partition coefficient (Wildman–Crippen LogP) is 3.94. The van der Waals surface area contributed by atoms with Crippen molar-refractivity contribution in [3.8, 4) is 6.07 Å². The molecule has 2 N–H and O–H groups in total. The van der Waals surface area contributed by atoms with Crippen LogP contribution in [0.5, 0.6) is 0 Å². The molecule has 1 amide bonds. The van der Waals surface area contributed by atoms with E-state index in [1.54, 1.807) is 0 Å². The fourth-order valence-corrected chi connectivity index (χ4v) is 2.62. The first-order valence-corrected chi connectivity index (χ1v) is 8.34. The van der Waals surface area contributed by atoms with Gasteiger partial charge in [-0.15, -0.1) is 0 Å². The smallest absolute Gasteiger partial charge is 0.263 e. The number of carbonyl (C=O) groups is 1. The molecular formula is C19H18BrN3O. The second-order valence-corrected chi connectivity index (χ2v) is 6.18. The fourth-order valence-electron chi connectivity index (χ4n) is 2.15. The molecule has 0 saturated heterocycles. The molecule has 2 aromatic rings. The lowest BCUT2D eigenvalue weighted by Gasteiger charge is -2.07. The van der Waals surface area contributed by atoms with Gasteiger partial charge in [0.15, 0.2) is 0 Å². The van der Waals surface area contributed by atoms with Crippen LogP contribution in [0.2, 0.25) is 0 Å². The molecule has 0 atom stereocenters. The molecule has 24 heavy (non-hydrogen) atoms. The number of hydrogen-bond acceptors (Lipinski definition) is 3. The highest BCUT2D eigenvalue weighted by Crippen LogP contribution is 2.20. The van der Waals surface area contributed by atoms with Gasteiger partial charge in [-0.1, -0.05) is 46.3 Å². The summed E-state index contributed by atoms with van der Waals surface area (Å²) >= 11 is 3.40. The largest absolute Gasteiger partial charge is 0.360 e. The van der Waals surface area contributed by atoms with Gasteiger partial charge >= 0.3 is 0 Å². The second kappa shape index (κ2) is 8.90. The Morgan fingerprint density at radius 2 is 2.00 bits per heavy atom. The van der Waals surface area contributed by atoms with Crippen molar-refractivity contribution >= 4 is 27.5 Å². The van der Waals surface area contributed by atoms with Crippen LogP contribution in [0.15, 0.2) is 64.8 Å². The summed E-state index contributed by atoms with van der Waals surface area (Å²) in [5.41, 5.74) is 3.06. The van der Waals surface area contributed by atoms with Crippen molar-refractivity contribution in [2.45, 2.75) is 13.3 Å². The van der Waals surface area contributed by atoms with E-state index in [0.717, 1.165) is 27.7 Å². The molecular weight excluding hydrogens is 366 g/mol. The molecule has 0 fully saturated rings. The average molecular weight is 384 g/mol. The molecule has 0 unspecified atom stereocenters. The third-order valence-electron chi connectivity index (χ3n) is 3.47. The van der Waals surface area contributed by atoms with Crippen molar-refractivity contribution in [3.63, 3.8) is 0 Å². The Kier molecular flexibility index (Phi) is 6.59. The van der Waals surface area contributed by atoms with Gasteiger partial charge in [-0.2, -0.15) is 5.26 Å². The molecule has 0 aliphatic carbocycles. The van der Waals surface area contributed by atoms with E-state index < -0.39 is 0 Å². The number of hydrogen-bond donors (Lipinski definition) is 2. The molecule has 0 spiro atoms. The van der Waals surface area contributed by atoms with Crippen LogP contribution in [-0.2, 0) is 11.2 Å². The summed E-state index contributed by atoms with van der Waals surface area (Å²) in [5.74, 6) is -0.379. The zero-order chi connectivity index (χ0) is 17.4. The first-order valence-electron chi connectivity index (χ1n) is 7.55. The van der Waals surface area contributed by atoms with Crippen LogP contribution in [0, 0.1) is 18.3 Å². The quantitative estimate of drug-likeness (QED) is 0.586. The molecule has 4 nitrogen and oxygen atoms in total. The lowest BCUT2D eigenvalue weighted by atomic mass is 10.1. The maximum Gasteiger partial charge on any atom is 0.263 e. The SMILES string of the molecule is Cc1cc(Br)ccc1N/C=C(/C#N)C(=O)NCCc1ccccc1. The van der Waals surface area contributed by atoms with E-state index in [-0.39, 0.29) is 11.5 Å². The topological polar surface area (TPSA) is 64.9 Å². The molecule has 0 heterocycles. The molecule has 122 valence electrons. The van der Waals surface area contributed by atoms with Gasteiger partial charge in [-0.3, -0.25) is 4.79 Å². The number of halogens is 1. The molecule has 0 aliphatic heterocycles. The Hall–Kier alpha value is -2.58. The predicted molar refractivity (Wildman–Crippen MR) is 99.4 cm³/mol. The zero-order valence-electron chi connectivity index (χ0n) is 13.3. The number of nitrogens with zero attached hydrogens (tertiary/aromatic N) is 1. The highest BCUT2D eigenvalue weighted by molar-refractivity contribution is 9.10. The maximum atomic E-state index is 12.1. The van der Waals surface area contributed by atoms with E-state index in [1.165, 1.54) is 6.20 Å². The van der Waals surface area contributed by atoms with Crippen molar-refractivity contribution in [3.05, 3.63) is 75.9 Å². The number of anilines is 1. The van der Waals surface area contributed by atoms with Gasteiger partial charge < -0.3 is 10.6 Å². The van der Waals surface area contributed by atoms with E-state index in [2.05, 4.69) is 26.6 Å². The Balaban J connectivity index is 1.92. The normalized spacial score (nSPS) is 10.8. The highest BCUT2D eigenvalue weighted by Gasteiger charge is 2.08. The van der Waals surface area contributed by atoms with Gasteiger partial charge in [-0.25, -0.2) is 0 Å². The Labute approximate surface area is 150 Å². The zero-order valence-corrected chi connectivity index (χ0v) is 14.9. The van der Waals surface area contributed by atoms with Gasteiger partial charge in [0.2, 0.25) is 0 Å². The number of nitriles is 1. The van der Waals surface area contributed by atoms with Crippen LogP contribution >= 0.6 is 15.9 Å². The number of rotatable bonds is 6. The lowest BCUT2D eigenvalue weighted by molar-refractivity contribution is -0.117. The van der Waals surface area contributed by atoms with Gasteiger partial charge in [0.25, 0.3) is 5.91 Å². The minimum atomic E-state index is -0.379. The third kappa shape index (κ3) is 5.25. The van der Waals surface area contributed by atoms with Crippen molar-refractivity contribution in [1.82, 2.24) is 5.32 Å². The summed E-state index contributed by atoms with van der Waals surface area (Å²) in [6.07, 6.45) is 2.17. The number of carbonyl (C=O) groups excluding carboxylic acids is 1. The summed E-state index contributed by atoms with van der Waals surface area (Å²) in [5, 5.41) is 15.0. The van der Waals surface area contributed by atoms with Crippen molar-refractivity contribution < 1.29 is 4.79 Å². The number of benzene rings is 2. The van der Waals surface area contributed by atoms with Crippen LogP contribution in [0.3, 0.4) is 0 Å². The fraction of sp³-hybridized carbons (Fsp3) is 0.158. The summed E-state index contributed by atoms with van der Waals surface area (Å²) in [7, 11) is 0. The minimum absolute atomic E-state index is 0.0466.